The number of nitrogens with zero attached hydrogens (tertiary/aromatic N) is 1. The van der Waals surface area contributed by atoms with Gasteiger partial charge in [0.15, 0.2) is 4.32 Å². The molecule has 0 N–H and O–H groups in total. The molecule has 0 radical (unpaired) electrons. The van der Waals surface area contributed by atoms with Crippen LogP contribution >= 0.6 is 47.2 Å². The molecule has 0 atom stereocenters. The van der Waals surface area contributed by atoms with Crippen LogP contribution in [0.3, 0.4) is 0 Å². The lowest BCUT2D eigenvalue weighted by atomic mass is 10.3. The Morgan fingerprint density at radius 3 is 2.74 bits per heavy atom. The zero-order valence-corrected chi connectivity index (χ0v) is 14.7. The van der Waals surface area contributed by atoms with Crippen molar-refractivity contribution in [1.29, 1.82) is 0 Å². The van der Waals surface area contributed by atoms with Gasteiger partial charge in [0.05, 0.1) is 26.9 Å². The molecule has 2 heterocycles. The second kappa shape index (κ2) is 6.93. The van der Waals surface area contributed by atoms with E-state index in [-0.39, 0.29) is 5.91 Å². The van der Waals surface area contributed by atoms with E-state index in [1.165, 1.54) is 16.7 Å². The Morgan fingerprint density at radius 2 is 2.04 bits per heavy atom. The van der Waals surface area contributed by atoms with Crippen LogP contribution in [0.4, 0.5) is 5.69 Å². The second-order valence-corrected chi connectivity index (χ2v) is 7.00. The summed E-state index contributed by atoms with van der Waals surface area (Å²) in [6.45, 7) is 0. The molecule has 0 unspecified atom stereocenters. The third-order valence-electron chi connectivity index (χ3n) is 3.01. The summed E-state index contributed by atoms with van der Waals surface area (Å²) in [7, 11) is 0. The Bertz CT molecular complexity index is 829. The first-order chi connectivity index (χ1) is 11.1. The molecule has 1 fully saturated rings. The highest BCUT2D eigenvalue weighted by molar-refractivity contribution is 8.27. The van der Waals surface area contributed by atoms with Crippen molar-refractivity contribution >= 4 is 69.2 Å². The smallest absolute Gasteiger partial charge is 0.270 e. The van der Waals surface area contributed by atoms with Crippen LogP contribution < -0.4 is 4.90 Å². The second-order valence-electron chi connectivity index (χ2n) is 4.51. The summed E-state index contributed by atoms with van der Waals surface area (Å²) in [6, 6.07) is 8.59. The molecule has 1 amide bonds. The number of hydrogen-bond donors (Lipinski definition) is 0. The summed E-state index contributed by atoms with van der Waals surface area (Å²) in [5, 5.41) is 0.803. The molecule has 1 saturated heterocycles. The molecule has 2 aromatic rings. The summed E-state index contributed by atoms with van der Waals surface area (Å²) >= 11 is 18.4. The number of thiocarbonyl (C=S) groups is 1. The van der Waals surface area contributed by atoms with E-state index in [4.69, 9.17) is 39.8 Å². The fraction of sp³-hybridized carbons (Fsp3) is 0. The number of anilines is 1. The molecule has 1 aliphatic rings. The first-order valence-electron chi connectivity index (χ1n) is 6.49. The zero-order valence-electron chi connectivity index (χ0n) is 11.5. The average Bonchev–Trinajstić information content (AvgIpc) is 3.12. The number of thioether (sulfide) groups is 1. The molecule has 116 valence electrons. The van der Waals surface area contributed by atoms with Crippen molar-refractivity contribution < 1.29 is 9.21 Å². The molecule has 7 heteroatoms. The van der Waals surface area contributed by atoms with E-state index in [1.807, 2.05) is 6.07 Å². The fourth-order valence-electron chi connectivity index (χ4n) is 1.95. The van der Waals surface area contributed by atoms with Gasteiger partial charge in [0.1, 0.15) is 5.76 Å². The summed E-state index contributed by atoms with van der Waals surface area (Å²) in [4.78, 5) is 14.5. The van der Waals surface area contributed by atoms with Crippen molar-refractivity contribution in [1.82, 2.24) is 0 Å². The van der Waals surface area contributed by atoms with E-state index >= 15 is 0 Å². The molecule has 0 bridgehead atoms. The first-order valence-corrected chi connectivity index (χ1v) is 8.47. The number of carbonyl (C=O) groups excluding carboxylic acids is 1. The molecule has 23 heavy (non-hydrogen) atoms. The Hall–Kier alpha value is -1.53. The van der Waals surface area contributed by atoms with Crippen LogP contribution in [-0.2, 0) is 4.79 Å². The maximum absolute atomic E-state index is 12.5. The molecular weight excluding hydrogens is 373 g/mol. The molecule has 1 aromatic carbocycles. The summed E-state index contributed by atoms with van der Waals surface area (Å²) in [6.07, 6.45) is 6.81. The third-order valence-corrected chi connectivity index (χ3v) is 5.07. The fourth-order valence-corrected chi connectivity index (χ4v) is 3.49. The molecule has 0 saturated carbocycles. The van der Waals surface area contributed by atoms with E-state index in [9.17, 15) is 4.79 Å². The van der Waals surface area contributed by atoms with Crippen molar-refractivity contribution in [3.63, 3.8) is 0 Å². The van der Waals surface area contributed by atoms with Crippen LogP contribution in [0.15, 0.2) is 58.1 Å². The highest BCUT2D eigenvalue weighted by atomic mass is 35.5. The Morgan fingerprint density at radius 1 is 1.22 bits per heavy atom. The van der Waals surface area contributed by atoms with Gasteiger partial charge in [-0.3, -0.25) is 9.69 Å². The molecule has 1 aliphatic heterocycles. The standard InChI is InChI=1S/C16H9Cl2NO2S2/c17-12-7-6-10(9-13(12)18)19-15(20)14(23-16(19)22)5-1-3-11-4-2-8-21-11/h1-9H/b3-1+,14-5+. The number of carbonyl (C=O) groups is 1. The van der Waals surface area contributed by atoms with Gasteiger partial charge < -0.3 is 4.42 Å². The Labute approximate surface area is 152 Å². The zero-order chi connectivity index (χ0) is 16.4. The number of allylic oxidation sites excluding steroid dienone is 2. The summed E-state index contributed by atoms with van der Waals surface area (Å²) < 4.78 is 5.64. The number of hydrogen-bond acceptors (Lipinski definition) is 4. The van der Waals surface area contributed by atoms with E-state index in [0.717, 1.165) is 0 Å². The summed E-state index contributed by atoms with van der Waals surface area (Å²) in [5.74, 6) is 0.517. The Balaban J connectivity index is 1.83. The van der Waals surface area contributed by atoms with Crippen molar-refractivity contribution in [3.8, 4) is 0 Å². The van der Waals surface area contributed by atoms with Crippen LogP contribution in [0.1, 0.15) is 5.76 Å². The van der Waals surface area contributed by atoms with Crippen molar-refractivity contribution in [2.45, 2.75) is 0 Å². The predicted molar refractivity (Wildman–Crippen MR) is 100.0 cm³/mol. The molecule has 0 spiro atoms. The minimum Gasteiger partial charge on any atom is -0.465 e. The van der Waals surface area contributed by atoms with E-state index in [2.05, 4.69) is 0 Å². The van der Waals surface area contributed by atoms with Gasteiger partial charge >= 0.3 is 0 Å². The minimum absolute atomic E-state index is 0.192. The van der Waals surface area contributed by atoms with Gasteiger partial charge in [-0.15, -0.1) is 0 Å². The highest BCUT2D eigenvalue weighted by Gasteiger charge is 2.33. The van der Waals surface area contributed by atoms with Crippen molar-refractivity contribution in [2.24, 2.45) is 0 Å². The lowest BCUT2D eigenvalue weighted by molar-refractivity contribution is -0.113. The number of amides is 1. The number of benzene rings is 1. The van der Waals surface area contributed by atoms with E-state index in [1.54, 1.807) is 48.8 Å². The normalized spacial score (nSPS) is 17.0. The van der Waals surface area contributed by atoms with E-state index < -0.39 is 0 Å². The lowest BCUT2D eigenvalue weighted by Gasteiger charge is -2.15. The van der Waals surface area contributed by atoms with Gasteiger partial charge in [0.25, 0.3) is 5.91 Å². The van der Waals surface area contributed by atoms with Crippen molar-refractivity contribution in [2.75, 3.05) is 4.90 Å². The number of rotatable bonds is 3. The average molecular weight is 382 g/mol. The van der Waals surface area contributed by atoms with Crippen molar-refractivity contribution in [3.05, 3.63) is 69.5 Å². The van der Waals surface area contributed by atoms with Gasteiger partial charge in [0.2, 0.25) is 0 Å². The minimum atomic E-state index is -0.192. The predicted octanol–water partition coefficient (Wildman–Crippen LogP) is 5.55. The highest BCUT2D eigenvalue weighted by Crippen LogP contribution is 2.37. The number of furan rings is 1. The Kier molecular flexibility index (Phi) is 4.92. The van der Waals surface area contributed by atoms with Gasteiger partial charge in [-0.05, 0) is 42.5 Å². The first kappa shape index (κ1) is 16.3. The molecule has 1 aromatic heterocycles. The van der Waals surface area contributed by atoms with Crippen LogP contribution in [0.25, 0.3) is 6.08 Å². The largest absolute Gasteiger partial charge is 0.465 e. The van der Waals surface area contributed by atoms with Crippen LogP contribution in [-0.4, -0.2) is 10.2 Å². The monoisotopic (exact) mass is 381 g/mol. The van der Waals surface area contributed by atoms with Gasteiger partial charge in [-0.1, -0.05) is 53.3 Å². The topological polar surface area (TPSA) is 33.5 Å². The lowest BCUT2D eigenvalue weighted by Crippen LogP contribution is -2.27. The molecule has 3 rings (SSSR count). The quantitative estimate of drug-likeness (QED) is 0.515. The molecule has 0 aliphatic carbocycles. The SMILES string of the molecule is O=C1/C(=C\C=C\c2ccco2)SC(=S)N1c1ccc(Cl)c(Cl)c1. The van der Waals surface area contributed by atoms with Crippen LogP contribution in [0.5, 0.6) is 0 Å². The maximum atomic E-state index is 12.5. The molecular formula is C16H9Cl2NO2S2. The van der Waals surface area contributed by atoms with Gasteiger partial charge in [-0.2, -0.15) is 0 Å². The maximum Gasteiger partial charge on any atom is 0.270 e. The summed E-state index contributed by atoms with van der Waals surface area (Å²) in [5.41, 5.74) is 0.598. The molecule has 3 nitrogen and oxygen atoms in total. The number of halogens is 2. The van der Waals surface area contributed by atoms with E-state index in [0.29, 0.717) is 30.7 Å². The van der Waals surface area contributed by atoms with Crippen LogP contribution in [0, 0.1) is 0 Å². The van der Waals surface area contributed by atoms with Gasteiger partial charge in [0, 0.05) is 0 Å². The van der Waals surface area contributed by atoms with Crippen LogP contribution in [0.2, 0.25) is 10.0 Å². The van der Waals surface area contributed by atoms with Gasteiger partial charge in [-0.25, -0.2) is 0 Å². The third kappa shape index (κ3) is 3.53.